The van der Waals surface area contributed by atoms with Crippen LogP contribution in [0.15, 0.2) is 30.3 Å². The van der Waals surface area contributed by atoms with E-state index in [-0.39, 0.29) is 39.2 Å². The maximum Gasteiger partial charge on any atom is 0.313 e. The number of carbonyl (C=O) groups excluding carboxylic acids is 1. The van der Waals surface area contributed by atoms with Crippen LogP contribution in [-0.2, 0) is 10.2 Å². The summed E-state index contributed by atoms with van der Waals surface area (Å²) in [7, 11) is 0. The standard InChI is InChI=1S/C23H22ClF2NO4/c1-4-5-10-23(3,22(30)31)19-12(2)27(16-8-9-17(28)20(26)18(16)19)21(29)13-6-7-14(24)15(25)11-13/h6-9,11,28H,4-5,10H2,1-3H3,(H,30,31)/t23-/m1/s1. The number of hydrogen-bond acceptors (Lipinski definition) is 3. The van der Waals surface area contributed by atoms with Crippen molar-refractivity contribution in [1.82, 2.24) is 4.57 Å². The van der Waals surface area contributed by atoms with Crippen LogP contribution in [0.3, 0.4) is 0 Å². The number of aromatic nitrogens is 1. The van der Waals surface area contributed by atoms with E-state index in [4.69, 9.17) is 11.6 Å². The first kappa shape index (κ1) is 22.7. The quantitative estimate of drug-likeness (QED) is 0.497. The molecule has 0 radical (unpaired) electrons. The van der Waals surface area contributed by atoms with Gasteiger partial charge in [-0.1, -0.05) is 31.4 Å². The minimum Gasteiger partial charge on any atom is -0.505 e. The molecule has 3 rings (SSSR count). The Hall–Kier alpha value is -2.93. The lowest BCUT2D eigenvalue weighted by atomic mass is 9.76. The molecule has 1 heterocycles. The van der Waals surface area contributed by atoms with Gasteiger partial charge in [-0.25, -0.2) is 8.78 Å². The van der Waals surface area contributed by atoms with Crippen molar-refractivity contribution >= 4 is 34.4 Å². The lowest BCUT2D eigenvalue weighted by molar-refractivity contribution is -0.143. The summed E-state index contributed by atoms with van der Waals surface area (Å²) in [6.07, 6.45) is 1.49. The first-order valence-electron chi connectivity index (χ1n) is 9.80. The number of aliphatic carboxylic acids is 1. The third kappa shape index (κ3) is 3.67. The van der Waals surface area contributed by atoms with Gasteiger partial charge in [0.2, 0.25) is 0 Å². The highest BCUT2D eigenvalue weighted by atomic mass is 35.5. The Bertz CT molecular complexity index is 1200. The number of carboxylic acids is 1. The minimum absolute atomic E-state index is 0.0347. The molecule has 8 heteroatoms. The largest absolute Gasteiger partial charge is 0.505 e. The molecule has 0 fully saturated rings. The second-order valence-electron chi connectivity index (χ2n) is 7.76. The van der Waals surface area contributed by atoms with Gasteiger partial charge in [-0.15, -0.1) is 0 Å². The van der Waals surface area contributed by atoms with Crippen molar-refractivity contribution in [3.63, 3.8) is 0 Å². The van der Waals surface area contributed by atoms with Crippen LogP contribution in [0.1, 0.15) is 54.7 Å². The van der Waals surface area contributed by atoms with Gasteiger partial charge in [0.25, 0.3) is 5.91 Å². The summed E-state index contributed by atoms with van der Waals surface area (Å²) in [5.41, 5.74) is -1.14. The Morgan fingerprint density at radius 3 is 2.45 bits per heavy atom. The zero-order chi connectivity index (χ0) is 23.1. The zero-order valence-electron chi connectivity index (χ0n) is 17.3. The third-order valence-electron chi connectivity index (χ3n) is 5.71. The number of hydrogen-bond donors (Lipinski definition) is 2. The molecule has 0 aliphatic heterocycles. The summed E-state index contributed by atoms with van der Waals surface area (Å²) >= 11 is 5.71. The number of phenolic OH excluding ortho intramolecular Hbond substituents is 1. The number of fused-ring (bicyclic) bond motifs is 1. The van der Waals surface area contributed by atoms with Gasteiger partial charge in [0.1, 0.15) is 5.82 Å². The number of halogens is 3. The van der Waals surface area contributed by atoms with E-state index in [1.165, 1.54) is 32.0 Å². The fraction of sp³-hybridized carbons (Fsp3) is 0.304. The molecular weight excluding hydrogens is 428 g/mol. The van der Waals surface area contributed by atoms with Gasteiger partial charge in [-0.05, 0) is 50.6 Å². The number of phenols is 1. The number of nitrogens with zero attached hydrogens (tertiary/aromatic N) is 1. The van der Waals surface area contributed by atoms with Crippen molar-refractivity contribution < 1.29 is 28.6 Å². The molecule has 0 amide bonds. The average Bonchev–Trinajstić information content (AvgIpc) is 3.03. The van der Waals surface area contributed by atoms with Crippen molar-refractivity contribution in [1.29, 1.82) is 0 Å². The monoisotopic (exact) mass is 449 g/mol. The van der Waals surface area contributed by atoms with Crippen molar-refractivity contribution in [2.45, 2.75) is 45.4 Å². The van der Waals surface area contributed by atoms with Gasteiger partial charge in [-0.2, -0.15) is 0 Å². The first-order valence-corrected chi connectivity index (χ1v) is 10.2. The van der Waals surface area contributed by atoms with Crippen LogP contribution in [0, 0.1) is 18.6 Å². The Labute approximate surface area is 182 Å². The normalized spacial score (nSPS) is 13.4. The molecule has 0 saturated carbocycles. The molecule has 0 saturated heterocycles. The van der Waals surface area contributed by atoms with Crippen LogP contribution < -0.4 is 0 Å². The van der Waals surface area contributed by atoms with Crippen molar-refractivity contribution in [3.05, 3.63) is 63.8 Å². The predicted molar refractivity (Wildman–Crippen MR) is 114 cm³/mol. The highest BCUT2D eigenvalue weighted by Gasteiger charge is 2.41. The molecule has 0 bridgehead atoms. The van der Waals surface area contributed by atoms with E-state index < -0.39 is 34.7 Å². The molecule has 3 aromatic rings. The van der Waals surface area contributed by atoms with Gasteiger partial charge in [0.05, 0.1) is 16.0 Å². The molecule has 31 heavy (non-hydrogen) atoms. The summed E-state index contributed by atoms with van der Waals surface area (Å²) in [5.74, 6) is -4.29. The molecule has 5 nitrogen and oxygen atoms in total. The second-order valence-corrected chi connectivity index (χ2v) is 8.17. The Kier molecular flexibility index (Phi) is 6.09. The number of benzene rings is 2. The van der Waals surface area contributed by atoms with E-state index in [2.05, 4.69) is 0 Å². The molecule has 0 unspecified atom stereocenters. The lowest BCUT2D eigenvalue weighted by Gasteiger charge is -2.26. The van der Waals surface area contributed by atoms with E-state index in [1.54, 1.807) is 0 Å². The fourth-order valence-electron chi connectivity index (χ4n) is 4.02. The highest BCUT2D eigenvalue weighted by Crippen LogP contribution is 2.42. The van der Waals surface area contributed by atoms with E-state index >= 15 is 4.39 Å². The van der Waals surface area contributed by atoms with Gasteiger partial charge in [-0.3, -0.25) is 14.2 Å². The number of rotatable bonds is 6. The van der Waals surface area contributed by atoms with Crippen LogP contribution in [0.5, 0.6) is 5.75 Å². The summed E-state index contributed by atoms with van der Waals surface area (Å²) in [6.45, 7) is 4.90. The average molecular weight is 450 g/mol. The lowest BCUT2D eigenvalue weighted by Crippen LogP contribution is -2.33. The van der Waals surface area contributed by atoms with E-state index in [0.717, 1.165) is 23.1 Å². The van der Waals surface area contributed by atoms with E-state index in [1.807, 2.05) is 6.92 Å². The molecule has 0 aliphatic carbocycles. The summed E-state index contributed by atoms with van der Waals surface area (Å²) in [5, 5.41) is 19.7. The van der Waals surface area contributed by atoms with Crippen molar-refractivity contribution in [2.24, 2.45) is 0 Å². The maximum atomic E-state index is 15.1. The highest BCUT2D eigenvalue weighted by molar-refractivity contribution is 6.30. The molecule has 164 valence electrons. The predicted octanol–water partition coefficient (Wildman–Crippen LogP) is 5.81. The fourth-order valence-corrected chi connectivity index (χ4v) is 4.13. The van der Waals surface area contributed by atoms with Crippen LogP contribution in [0.4, 0.5) is 8.78 Å². The second kappa shape index (κ2) is 8.30. The summed E-state index contributed by atoms with van der Waals surface area (Å²) in [6, 6.07) is 5.98. The maximum absolute atomic E-state index is 15.1. The molecule has 2 aromatic carbocycles. The molecule has 0 spiro atoms. The van der Waals surface area contributed by atoms with E-state index in [0.29, 0.717) is 6.42 Å². The minimum atomic E-state index is -1.51. The molecule has 1 atom stereocenters. The Balaban J connectivity index is 2.38. The third-order valence-corrected chi connectivity index (χ3v) is 6.02. The van der Waals surface area contributed by atoms with Crippen LogP contribution in [-0.4, -0.2) is 26.7 Å². The molecule has 1 aromatic heterocycles. The van der Waals surface area contributed by atoms with Gasteiger partial charge in [0, 0.05) is 22.2 Å². The Morgan fingerprint density at radius 2 is 1.87 bits per heavy atom. The zero-order valence-corrected chi connectivity index (χ0v) is 18.1. The number of carboxylic acid groups (broad SMARTS) is 1. The molecular formula is C23H22ClF2NO4. The smallest absolute Gasteiger partial charge is 0.313 e. The molecule has 0 aliphatic rings. The van der Waals surface area contributed by atoms with Crippen LogP contribution in [0.2, 0.25) is 5.02 Å². The topological polar surface area (TPSA) is 79.5 Å². The molecule has 2 N–H and O–H groups in total. The van der Waals surface area contributed by atoms with Crippen molar-refractivity contribution in [2.75, 3.05) is 0 Å². The Morgan fingerprint density at radius 1 is 1.19 bits per heavy atom. The SMILES string of the molecule is CCCC[C@@](C)(C(=O)O)c1c(C)n(C(=O)c2ccc(Cl)c(F)c2)c2ccc(O)c(F)c12. The number of carbonyl (C=O) groups is 2. The first-order chi connectivity index (χ1) is 14.5. The van der Waals surface area contributed by atoms with Gasteiger partial charge >= 0.3 is 5.97 Å². The van der Waals surface area contributed by atoms with Crippen molar-refractivity contribution in [3.8, 4) is 5.75 Å². The number of unbranched alkanes of at least 4 members (excludes halogenated alkanes) is 1. The van der Waals surface area contributed by atoms with Gasteiger partial charge in [0.15, 0.2) is 11.6 Å². The van der Waals surface area contributed by atoms with Crippen LogP contribution in [0.25, 0.3) is 10.9 Å². The van der Waals surface area contributed by atoms with E-state index in [9.17, 15) is 24.2 Å². The summed E-state index contributed by atoms with van der Waals surface area (Å²) < 4.78 is 30.2. The van der Waals surface area contributed by atoms with Crippen LogP contribution >= 0.6 is 11.6 Å². The summed E-state index contributed by atoms with van der Waals surface area (Å²) in [4.78, 5) is 25.6. The van der Waals surface area contributed by atoms with Gasteiger partial charge < -0.3 is 10.2 Å². The number of aromatic hydroxyl groups is 1.